The van der Waals surface area contributed by atoms with Crippen molar-refractivity contribution >= 4 is 17.1 Å². The molecule has 4 aliphatic rings. The first-order valence-electron chi connectivity index (χ1n) is 12.0. The smallest absolute Gasteiger partial charge is 0.0529 e. The van der Waals surface area contributed by atoms with E-state index in [1.165, 1.54) is 48.6 Å². The predicted octanol–water partition coefficient (Wildman–Crippen LogP) is 6.02. The molecule has 3 nitrogen and oxygen atoms in total. The van der Waals surface area contributed by atoms with E-state index in [1.54, 1.807) is 22.4 Å². The lowest BCUT2D eigenvalue weighted by molar-refractivity contribution is 0.119. The molecule has 2 aliphatic carbocycles. The Labute approximate surface area is 180 Å². The van der Waals surface area contributed by atoms with Gasteiger partial charge in [-0.05, 0) is 81.7 Å². The Hall–Kier alpha value is -1.84. The van der Waals surface area contributed by atoms with Crippen LogP contribution in [0.4, 0.5) is 0 Å². The van der Waals surface area contributed by atoms with Crippen LogP contribution in [0.3, 0.4) is 0 Å². The highest BCUT2D eigenvalue weighted by atomic mass is 16.5. The van der Waals surface area contributed by atoms with E-state index in [4.69, 9.17) is 4.74 Å². The van der Waals surface area contributed by atoms with Gasteiger partial charge in [0.2, 0.25) is 0 Å². The molecule has 2 aliphatic heterocycles. The van der Waals surface area contributed by atoms with Crippen molar-refractivity contribution in [2.24, 2.45) is 5.92 Å². The summed E-state index contributed by atoms with van der Waals surface area (Å²) < 4.78 is 8.22. The molecule has 6 rings (SSSR count). The number of hydrogen-bond donors (Lipinski definition) is 0. The molecule has 0 radical (unpaired) electrons. The molecule has 0 bridgehead atoms. The maximum atomic E-state index is 5.59. The summed E-state index contributed by atoms with van der Waals surface area (Å²) in [5.74, 6) is 1.43. The van der Waals surface area contributed by atoms with Gasteiger partial charge in [0.05, 0.1) is 18.7 Å². The van der Waals surface area contributed by atoms with Gasteiger partial charge in [-0.3, -0.25) is 4.90 Å². The molecule has 30 heavy (non-hydrogen) atoms. The average molecular weight is 403 g/mol. The molecule has 3 fully saturated rings. The van der Waals surface area contributed by atoms with Crippen LogP contribution in [0, 0.1) is 12.8 Å². The number of aryl methyl sites for hydroxylation is 1. The standard InChI is InChI=1S/C27H34N2O/c1-18-6-9-26-23(14-18)24-17-28(2)25-5-3-4-22(25)27(24)29(26)16-21(20-7-8-20)15-19-10-12-30-13-11-19/h6,9,14-16,20,22,25H,3-5,7-8,10-13,17H2,1-2H3/b21-16-. The van der Waals surface area contributed by atoms with Crippen LogP contribution in [-0.2, 0) is 11.3 Å². The predicted molar refractivity (Wildman–Crippen MR) is 124 cm³/mol. The molecule has 158 valence electrons. The fourth-order valence-corrected chi connectivity index (χ4v) is 6.22. The number of hydrogen-bond acceptors (Lipinski definition) is 2. The number of aromatic nitrogens is 1. The maximum absolute atomic E-state index is 5.59. The van der Waals surface area contributed by atoms with Crippen LogP contribution in [-0.4, -0.2) is 35.8 Å². The van der Waals surface area contributed by atoms with E-state index < -0.39 is 0 Å². The van der Waals surface area contributed by atoms with Gasteiger partial charge in [-0.15, -0.1) is 0 Å². The Kier molecular flexibility index (Phi) is 4.65. The van der Waals surface area contributed by atoms with Crippen molar-refractivity contribution < 1.29 is 4.74 Å². The van der Waals surface area contributed by atoms with Crippen LogP contribution in [0.1, 0.15) is 67.7 Å². The fraction of sp³-hybridized carbons (Fsp3) is 0.556. The SMILES string of the molecule is Cc1ccc2c(c1)c1c(n2/C=C(/C=C2CCOCC2)C2CC2)C2CCCC2N(C)C1. The van der Waals surface area contributed by atoms with Gasteiger partial charge in [0.1, 0.15) is 0 Å². The van der Waals surface area contributed by atoms with Gasteiger partial charge in [0, 0.05) is 35.8 Å². The molecule has 2 saturated carbocycles. The van der Waals surface area contributed by atoms with Gasteiger partial charge in [-0.1, -0.05) is 29.7 Å². The van der Waals surface area contributed by atoms with E-state index in [0.29, 0.717) is 12.0 Å². The van der Waals surface area contributed by atoms with Gasteiger partial charge >= 0.3 is 0 Å². The summed E-state index contributed by atoms with van der Waals surface area (Å²) in [4.78, 5) is 2.63. The van der Waals surface area contributed by atoms with Crippen LogP contribution < -0.4 is 0 Å². The zero-order chi connectivity index (χ0) is 20.2. The van der Waals surface area contributed by atoms with E-state index in [2.05, 4.69) is 53.9 Å². The molecule has 2 atom stereocenters. The quantitative estimate of drug-likeness (QED) is 0.625. The Balaban J connectivity index is 1.54. The third-order valence-electron chi connectivity index (χ3n) is 7.94. The first kappa shape index (κ1) is 18.9. The summed E-state index contributed by atoms with van der Waals surface area (Å²) in [6.45, 7) is 5.10. The number of ether oxygens (including phenoxy) is 1. The Morgan fingerprint density at radius 2 is 1.93 bits per heavy atom. The molecule has 0 N–H and O–H groups in total. The first-order chi connectivity index (χ1) is 14.7. The monoisotopic (exact) mass is 402 g/mol. The molecule has 1 aromatic carbocycles. The molecule has 2 aromatic rings. The zero-order valence-electron chi connectivity index (χ0n) is 18.5. The van der Waals surface area contributed by atoms with Crippen molar-refractivity contribution in [2.75, 3.05) is 20.3 Å². The van der Waals surface area contributed by atoms with Gasteiger partial charge in [0.25, 0.3) is 0 Å². The van der Waals surface area contributed by atoms with Crippen LogP contribution in [0.25, 0.3) is 17.1 Å². The lowest BCUT2D eigenvalue weighted by Gasteiger charge is -2.36. The lowest BCUT2D eigenvalue weighted by Crippen LogP contribution is -2.38. The third kappa shape index (κ3) is 3.18. The zero-order valence-corrected chi connectivity index (χ0v) is 18.5. The lowest BCUT2D eigenvalue weighted by atomic mass is 9.90. The molecule has 1 aromatic heterocycles. The largest absolute Gasteiger partial charge is 0.381 e. The maximum Gasteiger partial charge on any atom is 0.0529 e. The fourth-order valence-electron chi connectivity index (χ4n) is 6.22. The molecule has 2 unspecified atom stereocenters. The van der Waals surface area contributed by atoms with Crippen molar-refractivity contribution in [3.63, 3.8) is 0 Å². The highest BCUT2D eigenvalue weighted by Gasteiger charge is 2.40. The van der Waals surface area contributed by atoms with E-state index in [-0.39, 0.29) is 0 Å². The van der Waals surface area contributed by atoms with Crippen LogP contribution >= 0.6 is 0 Å². The summed E-state index contributed by atoms with van der Waals surface area (Å²) >= 11 is 0. The van der Waals surface area contributed by atoms with Crippen molar-refractivity contribution in [2.45, 2.75) is 70.4 Å². The van der Waals surface area contributed by atoms with Crippen LogP contribution in [0.15, 0.2) is 35.4 Å². The summed E-state index contributed by atoms with van der Waals surface area (Å²) in [5, 5.41) is 1.48. The summed E-state index contributed by atoms with van der Waals surface area (Å²) in [6, 6.07) is 7.81. The summed E-state index contributed by atoms with van der Waals surface area (Å²) in [5.41, 5.74) is 9.13. The molecule has 0 amide bonds. The number of allylic oxidation sites excluding steroid dienone is 2. The number of nitrogens with zero attached hydrogens (tertiary/aromatic N) is 2. The number of rotatable bonds is 3. The molecule has 3 heterocycles. The minimum absolute atomic E-state index is 0.680. The van der Waals surface area contributed by atoms with Crippen molar-refractivity contribution in [3.05, 3.63) is 52.2 Å². The van der Waals surface area contributed by atoms with E-state index in [9.17, 15) is 0 Å². The van der Waals surface area contributed by atoms with Gasteiger partial charge in [-0.2, -0.15) is 0 Å². The number of fused-ring (bicyclic) bond motifs is 5. The van der Waals surface area contributed by atoms with Gasteiger partial charge in [0.15, 0.2) is 0 Å². The highest BCUT2D eigenvalue weighted by molar-refractivity contribution is 5.89. The van der Waals surface area contributed by atoms with Crippen LogP contribution in [0.2, 0.25) is 0 Å². The average Bonchev–Trinajstić information content (AvgIpc) is 3.40. The van der Waals surface area contributed by atoms with E-state index >= 15 is 0 Å². The molecular weight excluding hydrogens is 368 g/mol. The minimum atomic E-state index is 0.680. The second-order valence-corrected chi connectivity index (χ2v) is 10.1. The molecule has 3 heteroatoms. The van der Waals surface area contributed by atoms with Gasteiger partial charge < -0.3 is 9.30 Å². The Bertz CT molecular complexity index is 1030. The topological polar surface area (TPSA) is 17.4 Å². The van der Waals surface area contributed by atoms with Crippen molar-refractivity contribution in [1.29, 1.82) is 0 Å². The van der Waals surface area contributed by atoms with E-state index in [1.807, 2.05) is 0 Å². The highest BCUT2D eigenvalue weighted by Crippen LogP contribution is 2.47. The van der Waals surface area contributed by atoms with Crippen molar-refractivity contribution in [3.8, 4) is 0 Å². The number of benzene rings is 1. The second kappa shape index (κ2) is 7.39. The number of likely N-dealkylation sites (N-methyl/N-ethyl adjacent to an activating group) is 1. The first-order valence-corrected chi connectivity index (χ1v) is 12.0. The minimum Gasteiger partial charge on any atom is -0.381 e. The molecule has 0 spiro atoms. The Morgan fingerprint density at radius 3 is 2.73 bits per heavy atom. The second-order valence-electron chi connectivity index (χ2n) is 10.1. The van der Waals surface area contributed by atoms with Crippen LogP contribution in [0.5, 0.6) is 0 Å². The van der Waals surface area contributed by atoms with Crippen molar-refractivity contribution in [1.82, 2.24) is 9.47 Å². The third-order valence-corrected chi connectivity index (χ3v) is 7.94. The van der Waals surface area contributed by atoms with Gasteiger partial charge in [-0.25, -0.2) is 0 Å². The molecule has 1 saturated heterocycles. The van der Waals surface area contributed by atoms with E-state index in [0.717, 1.165) is 38.5 Å². The Morgan fingerprint density at radius 1 is 1.10 bits per heavy atom. The summed E-state index contributed by atoms with van der Waals surface area (Å²) in [6.07, 6.45) is 14.0. The summed E-state index contributed by atoms with van der Waals surface area (Å²) in [7, 11) is 2.34. The normalized spacial score (nSPS) is 27.4. The molecular formula is C27H34N2O.